The molecule has 0 aromatic carbocycles. The van der Waals surface area contributed by atoms with Gasteiger partial charge in [0.2, 0.25) is 23.6 Å². The summed E-state index contributed by atoms with van der Waals surface area (Å²) in [5, 5.41) is 19.5. The Morgan fingerprint density at radius 1 is 1.03 bits per heavy atom. The van der Waals surface area contributed by atoms with Crippen LogP contribution in [0.15, 0.2) is 4.99 Å². The second kappa shape index (κ2) is 13.9. The largest absolute Gasteiger partial charge is 0.480 e. The Bertz CT molecular complexity index is 749. The first-order chi connectivity index (χ1) is 15.5. The first-order valence-corrected chi connectivity index (χ1v) is 10.7. The van der Waals surface area contributed by atoms with Crippen molar-refractivity contribution in [2.75, 3.05) is 13.1 Å². The highest BCUT2D eigenvalue weighted by Gasteiger charge is 2.30. The lowest BCUT2D eigenvalue weighted by molar-refractivity contribution is -0.142. The Hall–Kier alpha value is -3.42. The lowest BCUT2D eigenvalue weighted by atomic mass is 10.1. The minimum atomic E-state index is -1.27. The third-order valence-corrected chi connectivity index (χ3v) is 5.00. The average Bonchev–Trinajstić information content (AvgIpc) is 3.27. The van der Waals surface area contributed by atoms with Crippen molar-refractivity contribution < 1.29 is 29.1 Å². The van der Waals surface area contributed by atoms with Gasteiger partial charge in [-0.1, -0.05) is 0 Å². The summed E-state index contributed by atoms with van der Waals surface area (Å²) in [6.07, 6.45) is 1.65. The van der Waals surface area contributed by atoms with Gasteiger partial charge in [0.1, 0.15) is 18.1 Å². The molecule has 33 heavy (non-hydrogen) atoms. The predicted octanol–water partition coefficient (Wildman–Crippen LogP) is -3.38. The van der Waals surface area contributed by atoms with Crippen molar-refractivity contribution in [1.29, 1.82) is 0 Å². The summed E-state index contributed by atoms with van der Waals surface area (Å²) in [5.41, 5.74) is 15.7. The molecule has 1 aliphatic heterocycles. The summed E-state index contributed by atoms with van der Waals surface area (Å²) in [4.78, 5) is 64.1. The molecule has 0 spiro atoms. The topological polar surface area (TPSA) is 244 Å². The number of rotatable bonds is 14. The number of hydrogen-bond donors (Lipinski definition) is 8. The van der Waals surface area contributed by atoms with Gasteiger partial charge in [0.15, 0.2) is 5.96 Å². The third kappa shape index (κ3) is 10.6. The van der Waals surface area contributed by atoms with Gasteiger partial charge in [-0.2, -0.15) is 0 Å². The summed E-state index contributed by atoms with van der Waals surface area (Å²) in [5.74, 6) is -3.88. The molecule has 186 valence electrons. The monoisotopic (exact) mass is 470 g/mol. The molecule has 4 unspecified atom stereocenters. The molecule has 11 N–H and O–H groups in total. The van der Waals surface area contributed by atoms with E-state index in [9.17, 15) is 24.0 Å². The van der Waals surface area contributed by atoms with Gasteiger partial charge in [-0.05, 0) is 45.6 Å². The first kappa shape index (κ1) is 27.6. The van der Waals surface area contributed by atoms with E-state index in [2.05, 4.69) is 26.3 Å². The standard InChI is InChI=1S/C19H34N8O6/c1-10(18(32)33)25-16(30)13(6-7-14(20)28)27-17(31)12(5-3-9-24-19(21)22)26-15(29)11-4-2-8-23-11/h10-13,23H,2-9H2,1H3,(H2,20,28)(H,25,30)(H,26,29)(H,27,31)(H,32,33)(H4,21,22,24). The highest BCUT2D eigenvalue weighted by atomic mass is 16.4. The molecule has 4 amide bonds. The Morgan fingerprint density at radius 3 is 2.21 bits per heavy atom. The van der Waals surface area contributed by atoms with E-state index in [-0.39, 0.29) is 37.7 Å². The second-order valence-electron chi connectivity index (χ2n) is 7.79. The second-order valence-corrected chi connectivity index (χ2v) is 7.79. The van der Waals surface area contributed by atoms with Gasteiger partial charge in [0, 0.05) is 13.0 Å². The Kier molecular flexibility index (Phi) is 11.6. The van der Waals surface area contributed by atoms with Crippen molar-refractivity contribution >= 4 is 35.6 Å². The highest BCUT2D eigenvalue weighted by molar-refractivity contribution is 5.94. The van der Waals surface area contributed by atoms with Gasteiger partial charge < -0.3 is 43.6 Å². The highest BCUT2D eigenvalue weighted by Crippen LogP contribution is 2.08. The van der Waals surface area contributed by atoms with Crippen LogP contribution < -0.4 is 38.5 Å². The molecule has 0 aliphatic carbocycles. The van der Waals surface area contributed by atoms with Crippen LogP contribution in [0.1, 0.15) is 45.4 Å². The quantitative estimate of drug-likeness (QED) is 0.0715. The zero-order chi connectivity index (χ0) is 25.0. The zero-order valence-electron chi connectivity index (χ0n) is 18.6. The van der Waals surface area contributed by atoms with E-state index in [1.165, 1.54) is 6.92 Å². The Labute approximate surface area is 191 Å². The van der Waals surface area contributed by atoms with Crippen LogP contribution in [0.2, 0.25) is 0 Å². The summed E-state index contributed by atoms with van der Waals surface area (Å²) < 4.78 is 0. The van der Waals surface area contributed by atoms with Crippen LogP contribution in [-0.4, -0.2) is 77.9 Å². The van der Waals surface area contributed by atoms with Gasteiger partial charge in [-0.15, -0.1) is 0 Å². The van der Waals surface area contributed by atoms with Gasteiger partial charge in [0.05, 0.1) is 6.04 Å². The minimum absolute atomic E-state index is 0.106. The van der Waals surface area contributed by atoms with Crippen LogP contribution in [0.4, 0.5) is 0 Å². The van der Waals surface area contributed by atoms with Crippen molar-refractivity contribution in [1.82, 2.24) is 21.3 Å². The lowest BCUT2D eigenvalue weighted by Crippen LogP contribution is -2.56. The molecule has 1 aliphatic rings. The van der Waals surface area contributed by atoms with E-state index in [0.717, 1.165) is 6.42 Å². The van der Waals surface area contributed by atoms with E-state index < -0.39 is 47.9 Å². The number of carbonyl (C=O) groups is 5. The fraction of sp³-hybridized carbons (Fsp3) is 0.684. The predicted molar refractivity (Wildman–Crippen MR) is 118 cm³/mol. The van der Waals surface area contributed by atoms with Gasteiger partial charge in [-0.25, -0.2) is 0 Å². The summed E-state index contributed by atoms with van der Waals surface area (Å²) >= 11 is 0. The van der Waals surface area contributed by atoms with Gasteiger partial charge >= 0.3 is 5.97 Å². The fourth-order valence-corrected chi connectivity index (χ4v) is 3.16. The summed E-state index contributed by atoms with van der Waals surface area (Å²) in [6.45, 7) is 2.18. The van der Waals surface area contributed by atoms with Crippen molar-refractivity contribution in [3.8, 4) is 0 Å². The number of nitrogens with one attached hydrogen (secondary N) is 4. The van der Waals surface area contributed by atoms with Crippen LogP contribution in [0.25, 0.3) is 0 Å². The molecule has 0 aromatic heterocycles. The number of primary amides is 1. The maximum absolute atomic E-state index is 13.0. The summed E-state index contributed by atoms with van der Waals surface area (Å²) in [7, 11) is 0. The number of carbonyl (C=O) groups excluding carboxylic acids is 4. The van der Waals surface area contributed by atoms with Gasteiger partial charge in [-0.3, -0.25) is 29.0 Å². The van der Waals surface area contributed by atoms with Crippen molar-refractivity contribution in [3.63, 3.8) is 0 Å². The molecule has 1 heterocycles. The molecular formula is C19H34N8O6. The van der Waals surface area contributed by atoms with Gasteiger partial charge in [0.25, 0.3) is 0 Å². The van der Waals surface area contributed by atoms with Crippen molar-refractivity contribution in [2.24, 2.45) is 22.2 Å². The van der Waals surface area contributed by atoms with Crippen molar-refractivity contribution in [3.05, 3.63) is 0 Å². The van der Waals surface area contributed by atoms with E-state index >= 15 is 0 Å². The van der Waals surface area contributed by atoms with E-state index in [4.69, 9.17) is 22.3 Å². The van der Waals surface area contributed by atoms with E-state index in [1.54, 1.807) is 0 Å². The molecule has 0 saturated carbocycles. The number of amides is 4. The number of guanidine groups is 1. The maximum atomic E-state index is 13.0. The Morgan fingerprint density at radius 2 is 1.67 bits per heavy atom. The minimum Gasteiger partial charge on any atom is -0.480 e. The molecule has 0 bridgehead atoms. The maximum Gasteiger partial charge on any atom is 0.325 e. The first-order valence-electron chi connectivity index (χ1n) is 10.7. The summed E-state index contributed by atoms with van der Waals surface area (Å²) in [6, 6.07) is -3.87. The van der Waals surface area contributed by atoms with Crippen LogP contribution >= 0.6 is 0 Å². The zero-order valence-corrected chi connectivity index (χ0v) is 18.6. The molecule has 1 fully saturated rings. The van der Waals surface area contributed by atoms with E-state index in [1.807, 2.05) is 0 Å². The number of nitrogens with two attached hydrogens (primary N) is 3. The Balaban J connectivity index is 2.91. The fourth-order valence-electron chi connectivity index (χ4n) is 3.16. The number of nitrogens with zero attached hydrogens (tertiary/aromatic N) is 1. The molecule has 1 saturated heterocycles. The molecule has 4 atom stereocenters. The van der Waals surface area contributed by atoms with Crippen molar-refractivity contribution in [2.45, 2.75) is 69.6 Å². The normalized spacial score (nSPS) is 17.8. The average molecular weight is 471 g/mol. The molecule has 0 aromatic rings. The number of aliphatic imine (C=N–C) groups is 1. The molecule has 14 heteroatoms. The third-order valence-electron chi connectivity index (χ3n) is 5.00. The number of carboxylic acid groups (broad SMARTS) is 1. The molecule has 14 nitrogen and oxygen atoms in total. The van der Waals surface area contributed by atoms with E-state index in [0.29, 0.717) is 19.4 Å². The van der Waals surface area contributed by atoms with Crippen LogP contribution in [0.3, 0.4) is 0 Å². The molecule has 0 radical (unpaired) electrons. The smallest absolute Gasteiger partial charge is 0.325 e. The SMILES string of the molecule is CC(NC(=O)C(CCC(N)=O)NC(=O)C(CCCN=C(N)N)NC(=O)C1CCCN1)C(=O)O. The number of carboxylic acids is 1. The molecular weight excluding hydrogens is 436 g/mol. The molecule has 1 rings (SSSR count). The lowest BCUT2D eigenvalue weighted by Gasteiger charge is -2.24. The number of hydrogen-bond acceptors (Lipinski definition) is 7. The van der Waals surface area contributed by atoms with Crippen LogP contribution in [0.5, 0.6) is 0 Å². The number of aliphatic carboxylic acids is 1. The van der Waals surface area contributed by atoms with Crippen LogP contribution in [0, 0.1) is 0 Å². The van der Waals surface area contributed by atoms with Crippen LogP contribution in [-0.2, 0) is 24.0 Å².